The van der Waals surface area contributed by atoms with E-state index in [1.54, 1.807) is 0 Å². The van der Waals surface area contributed by atoms with Crippen LogP contribution in [0.15, 0.2) is 0 Å². The van der Waals surface area contributed by atoms with Crippen LogP contribution >= 0.6 is 11.6 Å². The number of halogens is 1. The molecule has 0 aliphatic heterocycles. The smallest absolute Gasteiger partial charge is 0.150 e. The number of alkyl halides is 1. The van der Waals surface area contributed by atoms with E-state index in [4.69, 9.17) is 11.6 Å². The van der Waals surface area contributed by atoms with Crippen LogP contribution in [0.4, 0.5) is 0 Å². The molecule has 0 amide bonds. The van der Waals surface area contributed by atoms with Gasteiger partial charge in [0.05, 0.1) is 11.5 Å². The molecule has 0 fully saturated rings. The van der Waals surface area contributed by atoms with Gasteiger partial charge in [-0.15, -0.1) is 11.6 Å². The van der Waals surface area contributed by atoms with Crippen molar-refractivity contribution >= 4 is 21.4 Å². The van der Waals surface area contributed by atoms with Crippen LogP contribution in [0, 0.1) is 5.92 Å². The van der Waals surface area contributed by atoms with Crippen molar-refractivity contribution in [1.82, 2.24) is 0 Å². The molecule has 0 aromatic heterocycles. The molecule has 0 radical (unpaired) electrons. The van der Waals surface area contributed by atoms with Gasteiger partial charge in [-0.25, -0.2) is 8.42 Å². The van der Waals surface area contributed by atoms with Crippen molar-refractivity contribution < 1.29 is 8.42 Å². The van der Waals surface area contributed by atoms with Gasteiger partial charge in [0.2, 0.25) is 0 Å². The molecule has 4 heteroatoms. The Hall–Kier alpha value is 0.240. The third-order valence-electron chi connectivity index (χ3n) is 1.43. The maximum Gasteiger partial charge on any atom is 0.150 e. The van der Waals surface area contributed by atoms with Crippen LogP contribution in [0.5, 0.6) is 0 Å². The summed E-state index contributed by atoms with van der Waals surface area (Å²) in [7, 11) is -2.81. The van der Waals surface area contributed by atoms with Crippen molar-refractivity contribution in [2.45, 2.75) is 26.7 Å². The third-order valence-corrected chi connectivity index (χ3v) is 3.78. The quantitative estimate of drug-likeness (QED) is 0.499. The van der Waals surface area contributed by atoms with Gasteiger partial charge in [-0.05, 0) is 18.8 Å². The average molecular weight is 213 g/mol. The van der Waals surface area contributed by atoms with Crippen LogP contribution in [-0.2, 0) is 9.84 Å². The third kappa shape index (κ3) is 6.92. The Bertz CT molecular complexity index is 197. The Morgan fingerprint density at radius 1 is 1.25 bits per heavy atom. The number of hydrogen-bond donors (Lipinski definition) is 0. The van der Waals surface area contributed by atoms with Crippen molar-refractivity contribution in [2.24, 2.45) is 5.92 Å². The van der Waals surface area contributed by atoms with E-state index in [2.05, 4.69) is 0 Å². The van der Waals surface area contributed by atoms with E-state index in [1.165, 1.54) is 0 Å². The minimum absolute atomic E-state index is 0.228. The molecule has 0 heterocycles. The Balaban J connectivity index is 3.73. The highest BCUT2D eigenvalue weighted by atomic mass is 35.5. The van der Waals surface area contributed by atoms with Crippen molar-refractivity contribution in [1.29, 1.82) is 0 Å². The second-order valence-corrected chi connectivity index (χ2v) is 6.01. The molecule has 74 valence electrons. The van der Waals surface area contributed by atoms with Crippen LogP contribution in [0.1, 0.15) is 26.7 Å². The molecule has 0 bridgehead atoms. The maximum absolute atomic E-state index is 11.3. The van der Waals surface area contributed by atoms with Gasteiger partial charge in [0.1, 0.15) is 0 Å². The Morgan fingerprint density at radius 3 is 2.25 bits per heavy atom. The first kappa shape index (κ1) is 12.2. The zero-order chi connectivity index (χ0) is 9.61. The molecule has 0 N–H and O–H groups in total. The van der Waals surface area contributed by atoms with Gasteiger partial charge in [-0.2, -0.15) is 0 Å². The van der Waals surface area contributed by atoms with Gasteiger partial charge in [0, 0.05) is 5.88 Å². The largest absolute Gasteiger partial charge is 0.229 e. The van der Waals surface area contributed by atoms with Gasteiger partial charge >= 0.3 is 0 Å². The number of sulfone groups is 1. The molecule has 0 saturated heterocycles. The summed E-state index contributed by atoms with van der Waals surface area (Å²) in [5, 5.41) is 0. The van der Waals surface area contributed by atoms with Gasteiger partial charge < -0.3 is 0 Å². The van der Waals surface area contributed by atoms with Crippen molar-refractivity contribution in [3.05, 3.63) is 0 Å². The van der Waals surface area contributed by atoms with Gasteiger partial charge in [0.15, 0.2) is 9.84 Å². The molecule has 12 heavy (non-hydrogen) atoms. The molecule has 0 aliphatic rings. The fourth-order valence-electron chi connectivity index (χ4n) is 1.01. The summed E-state index contributed by atoms with van der Waals surface area (Å²) in [4.78, 5) is 0. The fourth-order valence-corrected chi connectivity index (χ4v) is 3.02. The molecule has 0 aliphatic carbocycles. The predicted octanol–water partition coefficient (Wildman–Crippen LogP) is 2.08. The second kappa shape index (κ2) is 5.81. The van der Waals surface area contributed by atoms with Crippen LogP contribution in [0.3, 0.4) is 0 Å². The molecular weight excluding hydrogens is 196 g/mol. The lowest BCUT2D eigenvalue weighted by atomic mass is 10.3. The number of unbranched alkanes of at least 4 members (excludes halogenated alkanes) is 1. The van der Waals surface area contributed by atoms with E-state index in [1.807, 2.05) is 13.8 Å². The number of hydrogen-bond acceptors (Lipinski definition) is 2. The highest BCUT2D eigenvalue weighted by Crippen LogP contribution is 2.04. The van der Waals surface area contributed by atoms with Gasteiger partial charge in [-0.1, -0.05) is 13.8 Å². The lowest BCUT2D eigenvalue weighted by molar-refractivity contribution is 0.579. The molecule has 0 rings (SSSR count). The van der Waals surface area contributed by atoms with Crippen LogP contribution in [0.2, 0.25) is 0 Å². The topological polar surface area (TPSA) is 34.1 Å². The van der Waals surface area contributed by atoms with Crippen LogP contribution < -0.4 is 0 Å². The molecule has 0 aromatic carbocycles. The summed E-state index contributed by atoms with van der Waals surface area (Å²) in [6.45, 7) is 3.83. The summed E-state index contributed by atoms with van der Waals surface area (Å²) in [6.07, 6.45) is 1.48. The summed E-state index contributed by atoms with van der Waals surface area (Å²) in [5.41, 5.74) is 0. The van der Waals surface area contributed by atoms with E-state index in [-0.39, 0.29) is 11.7 Å². The normalized spacial score (nSPS) is 12.3. The van der Waals surface area contributed by atoms with Crippen molar-refractivity contribution in [3.63, 3.8) is 0 Å². The Labute approximate surface area is 80.2 Å². The summed E-state index contributed by atoms with van der Waals surface area (Å²) >= 11 is 5.44. The minimum atomic E-state index is -2.81. The zero-order valence-corrected chi connectivity index (χ0v) is 9.29. The summed E-state index contributed by atoms with van der Waals surface area (Å²) in [5.74, 6) is 1.37. The Morgan fingerprint density at radius 2 is 1.83 bits per heavy atom. The Kier molecular flexibility index (Phi) is 5.93. The molecule has 0 unspecified atom stereocenters. The van der Waals surface area contributed by atoms with Crippen molar-refractivity contribution in [3.8, 4) is 0 Å². The summed E-state index contributed by atoms with van der Waals surface area (Å²) in [6, 6.07) is 0. The van der Waals surface area contributed by atoms with Crippen molar-refractivity contribution in [2.75, 3.05) is 17.4 Å². The first-order valence-electron chi connectivity index (χ1n) is 4.24. The van der Waals surface area contributed by atoms with Gasteiger partial charge in [0.25, 0.3) is 0 Å². The highest BCUT2D eigenvalue weighted by molar-refractivity contribution is 7.91. The SMILES string of the molecule is CC(C)CS(=O)(=O)CCCCCl. The average Bonchev–Trinajstić information content (AvgIpc) is 1.84. The van der Waals surface area contributed by atoms with E-state index < -0.39 is 9.84 Å². The molecule has 0 aromatic rings. The predicted molar refractivity (Wildman–Crippen MR) is 53.4 cm³/mol. The zero-order valence-electron chi connectivity index (χ0n) is 7.72. The van der Waals surface area contributed by atoms with Crippen LogP contribution in [0.25, 0.3) is 0 Å². The number of rotatable bonds is 6. The second-order valence-electron chi connectivity index (χ2n) is 3.40. The van der Waals surface area contributed by atoms with Gasteiger partial charge in [-0.3, -0.25) is 0 Å². The lowest BCUT2D eigenvalue weighted by Gasteiger charge is -2.05. The van der Waals surface area contributed by atoms with E-state index in [0.29, 0.717) is 18.1 Å². The first-order chi connectivity index (χ1) is 5.48. The first-order valence-corrected chi connectivity index (χ1v) is 6.60. The van der Waals surface area contributed by atoms with E-state index in [0.717, 1.165) is 6.42 Å². The van der Waals surface area contributed by atoms with E-state index >= 15 is 0 Å². The monoisotopic (exact) mass is 212 g/mol. The fraction of sp³-hybridized carbons (Fsp3) is 1.00. The van der Waals surface area contributed by atoms with Crippen LogP contribution in [-0.4, -0.2) is 25.8 Å². The molecule has 0 atom stereocenters. The maximum atomic E-state index is 11.3. The van der Waals surface area contributed by atoms with E-state index in [9.17, 15) is 8.42 Å². The molecule has 0 spiro atoms. The summed E-state index contributed by atoms with van der Waals surface area (Å²) < 4.78 is 22.5. The lowest BCUT2D eigenvalue weighted by Crippen LogP contribution is -2.15. The highest BCUT2D eigenvalue weighted by Gasteiger charge is 2.11. The molecular formula is C8H17ClO2S. The molecule has 0 saturated carbocycles. The molecule has 2 nitrogen and oxygen atoms in total. The minimum Gasteiger partial charge on any atom is -0.229 e. The standard InChI is InChI=1S/C8H17ClO2S/c1-8(2)7-12(10,11)6-4-3-5-9/h8H,3-7H2,1-2H3.